The molecule has 1 amide bonds. The molecule has 27 heavy (non-hydrogen) atoms. The molecule has 2 aromatic heterocycles. The highest BCUT2D eigenvalue weighted by atomic mass is 35.5. The second kappa shape index (κ2) is 8.12. The highest BCUT2D eigenvalue weighted by molar-refractivity contribution is 7.99. The molecule has 1 N–H and O–H groups in total. The van der Waals surface area contributed by atoms with Crippen LogP contribution in [0.2, 0.25) is 5.02 Å². The van der Waals surface area contributed by atoms with Gasteiger partial charge in [0.05, 0.1) is 5.75 Å². The number of carbonyl (C=O) groups is 1. The quantitative estimate of drug-likeness (QED) is 0.435. The van der Waals surface area contributed by atoms with Gasteiger partial charge in [-0.15, -0.1) is 11.3 Å². The maximum Gasteiger partial charge on any atom is 0.257 e. The Labute approximate surface area is 168 Å². The number of aromatic nitrogens is 2. The van der Waals surface area contributed by atoms with Crippen molar-refractivity contribution in [3.8, 4) is 0 Å². The van der Waals surface area contributed by atoms with Gasteiger partial charge in [-0.1, -0.05) is 47.6 Å². The standard InChI is InChI=1S/C19H14ClN3O2S2/c20-13-5-3-4-12(8-13)9-14-10-21-18(27-14)23-17(24)11-26-19-22-15-6-1-2-7-16(15)25-19/h1-8,10H,9,11H2,(H,21,23,24). The summed E-state index contributed by atoms with van der Waals surface area (Å²) in [5.41, 5.74) is 2.60. The fourth-order valence-electron chi connectivity index (χ4n) is 2.49. The van der Waals surface area contributed by atoms with E-state index in [1.54, 1.807) is 6.20 Å². The van der Waals surface area contributed by atoms with Crippen molar-refractivity contribution in [2.45, 2.75) is 11.6 Å². The minimum absolute atomic E-state index is 0.147. The van der Waals surface area contributed by atoms with E-state index in [4.69, 9.17) is 16.0 Å². The maximum atomic E-state index is 12.2. The lowest BCUT2D eigenvalue weighted by Crippen LogP contribution is -2.13. The summed E-state index contributed by atoms with van der Waals surface area (Å²) < 4.78 is 5.60. The Morgan fingerprint density at radius 1 is 1.22 bits per heavy atom. The molecule has 0 spiro atoms. The highest BCUT2D eigenvalue weighted by Crippen LogP contribution is 2.25. The number of oxazole rings is 1. The third-order valence-electron chi connectivity index (χ3n) is 3.67. The monoisotopic (exact) mass is 415 g/mol. The number of nitrogens with zero attached hydrogens (tertiary/aromatic N) is 2. The Kier molecular flexibility index (Phi) is 5.42. The number of carbonyl (C=O) groups excluding carboxylic acids is 1. The van der Waals surface area contributed by atoms with Gasteiger partial charge in [-0.05, 0) is 29.8 Å². The van der Waals surface area contributed by atoms with Crippen molar-refractivity contribution in [3.05, 3.63) is 70.2 Å². The van der Waals surface area contributed by atoms with Gasteiger partial charge in [0.15, 0.2) is 10.7 Å². The van der Waals surface area contributed by atoms with Gasteiger partial charge in [0.2, 0.25) is 5.91 Å². The predicted octanol–water partition coefficient (Wildman–Crippen LogP) is 5.26. The van der Waals surface area contributed by atoms with E-state index in [1.165, 1.54) is 23.1 Å². The van der Waals surface area contributed by atoms with Crippen LogP contribution < -0.4 is 5.32 Å². The van der Waals surface area contributed by atoms with Gasteiger partial charge in [-0.25, -0.2) is 9.97 Å². The predicted molar refractivity (Wildman–Crippen MR) is 110 cm³/mol. The second-order valence-corrected chi connectivity index (χ2v) is 8.20. The van der Waals surface area contributed by atoms with Crippen LogP contribution in [0.15, 0.2) is 64.4 Å². The molecule has 2 aromatic carbocycles. The van der Waals surface area contributed by atoms with Crippen LogP contribution >= 0.6 is 34.7 Å². The van der Waals surface area contributed by atoms with E-state index < -0.39 is 0 Å². The Morgan fingerprint density at radius 3 is 2.96 bits per heavy atom. The van der Waals surface area contributed by atoms with E-state index >= 15 is 0 Å². The molecule has 0 aliphatic rings. The zero-order valence-electron chi connectivity index (χ0n) is 14.0. The summed E-state index contributed by atoms with van der Waals surface area (Å²) in [6.07, 6.45) is 2.50. The number of hydrogen-bond donors (Lipinski definition) is 1. The minimum Gasteiger partial charge on any atom is -0.431 e. The molecule has 0 saturated heterocycles. The summed E-state index contributed by atoms with van der Waals surface area (Å²) in [6, 6.07) is 15.2. The molecule has 4 aromatic rings. The molecule has 8 heteroatoms. The van der Waals surface area contributed by atoms with Crippen molar-refractivity contribution in [2.24, 2.45) is 0 Å². The van der Waals surface area contributed by atoms with Gasteiger partial charge in [0.1, 0.15) is 5.52 Å². The van der Waals surface area contributed by atoms with E-state index in [9.17, 15) is 4.79 Å². The molecule has 0 saturated carbocycles. The maximum absolute atomic E-state index is 12.2. The van der Waals surface area contributed by atoms with Crippen LogP contribution in [-0.4, -0.2) is 21.6 Å². The lowest BCUT2D eigenvalue weighted by atomic mass is 10.1. The van der Waals surface area contributed by atoms with Gasteiger partial charge in [0.25, 0.3) is 5.22 Å². The van der Waals surface area contributed by atoms with E-state index in [1.807, 2.05) is 48.5 Å². The van der Waals surface area contributed by atoms with Gasteiger partial charge < -0.3 is 9.73 Å². The zero-order chi connectivity index (χ0) is 18.6. The molecule has 0 aliphatic carbocycles. The number of fused-ring (bicyclic) bond motifs is 1. The van der Waals surface area contributed by atoms with Crippen molar-refractivity contribution < 1.29 is 9.21 Å². The molecule has 0 aliphatic heterocycles. The first kappa shape index (κ1) is 18.0. The zero-order valence-corrected chi connectivity index (χ0v) is 16.4. The van der Waals surface area contributed by atoms with Crippen molar-refractivity contribution in [3.63, 3.8) is 0 Å². The first-order chi connectivity index (χ1) is 13.2. The number of rotatable bonds is 6. The van der Waals surface area contributed by atoms with Gasteiger partial charge in [-0.2, -0.15) is 0 Å². The van der Waals surface area contributed by atoms with Crippen LogP contribution in [0.5, 0.6) is 0 Å². The van der Waals surface area contributed by atoms with Crippen LogP contribution in [0.3, 0.4) is 0 Å². The fraction of sp³-hybridized carbons (Fsp3) is 0.105. The average molecular weight is 416 g/mol. The third-order valence-corrected chi connectivity index (χ3v) is 5.64. The van der Waals surface area contributed by atoms with Crippen LogP contribution in [0, 0.1) is 0 Å². The summed E-state index contributed by atoms with van der Waals surface area (Å²) >= 11 is 8.72. The van der Waals surface area contributed by atoms with E-state index in [2.05, 4.69) is 15.3 Å². The largest absolute Gasteiger partial charge is 0.431 e. The van der Waals surface area contributed by atoms with Crippen LogP contribution in [0.1, 0.15) is 10.4 Å². The van der Waals surface area contributed by atoms with Crippen LogP contribution in [0.25, 0.3) is 11.1 Å². The number of halogens is 1. The second-order valence-electron chi connectivity index (χ2n) is 5.72. The van der Waals surface area contributed by atoms with Gasteiger partial charge >= 0.3 is 0 Å². The number of thiazole rings is 1. The van der Waals surface area contributed by atoms with Crippen LogP contribution in [0.4, 0.5) is 5.13 Å². The summed E-state index contributed by atoms with van der Waals surface area (Å²) in [4.78, 5) is 21.8. The Morgan fingerprint density at radius 2 is 2.11 bits per heavy atom. The van der Waals surface area contributed by atoms with Gasteiger partial charge in [0, 0.05) is 22.5 Å². The number of anilines is 1. The topological polar surface area (TPSA) is 68.0 Å². The SMILES string of the molecule is O=C(CSc1nc2ccccc2o1)Nc1ncc(Cc2cccc(Cl)c2)s1. The molecular formula is C19H14ClN3O2S2. The normalized spacial score (nSPS) is 11.0. The lowest BCUT2D eigenvalue weighted by molar-refractivity contribution is -0.113. The first-order valence-corrected chi connectivity index (χ1v) is 10.3. The fourth-order valence-corrected chi connectivity index (χ4v) is 4.20. The van der Waals surface area contributed by atoms with E-state index in [-0.39, 0.29) is 11.7 Å². The molecule has 136 valence electrons. The minimum atomic E-state index is -0.147. The van der Waals surface area contributed by atoms with Crippen molar-refractivity contribution in [1.29, 1.82) is 0 Å². The van der Waals surface area contributed by atoms with Gasteiger partial charge in [-0.3, -0.25) is 4.79 Å². The Bertz CT molecular complexity index is 1060. The number of hydrogen-bond acceptors (Lipinski definition) is 6. The molecule has 0 bridgehead atoms. The molecule has 0 fully saturated rings. The molecular weight excluding hydrogens is 402 g/mol. The third kappa shape index (κ3) is 4.68. The summed E-state index contributed by atoms with van der Waals surface area (Å²) in [5, 5.41) is 4.58. The number of amides is 1. The Balaban J connectivity index is 1.32. The smallest absolute Gasteiger partial charge is 0.257 e. The van der Waals surface area contributed by atoms with Crippen molar-refractivity contribution in [1.82, 2.24) is 9.97 Å². The molecule has 4 rings (SSSR count). The average Bonchev–Trinajstić information content (AvgIpc) is 3.26. The number of para-hydroxylation sites is 2. The molecule has 0 radical (unpaired) electrons. The highest BCUT2D eigenvalue weighted by Gasteiger charge is 2.11. The first-order valence-electron chi connectivity index (χ1n) is 8.13. The number of nitrogens with one attached hydrogen (secondary N) is 1. The van der Waals surface area contributed by atoms with Crippen molar-refractivity contribution in [2.75, 3.05) is 11.1 Å². The summed E-state index contributed by atoms with van der Waals surface area (Å²) in [5.74, 6) is 0.0571. The lowest BCUT2D eigenvalue weighted by Gasteiger charge is -2.00. The number of benzene rings is 2. The van der Waals surface area contributed by atoms with Crippen molar-refractivity contribution >= 4 is 56.8 Å². The summed E-state index contributed by atoms with van der Waals surface area (Å²) in [7, 11) is 0. The molecule has 2 heterocycles. The van der Waals surface area contributed by atoms with E-state index in [0.29, 0.717) is 21.0 Å². The number of thioether (sulfide) groups is 1. The molecule has 0 unspecified atom stereocenters. The summed E-state index contributed by atoms with van der Waals surface area (Å²) in [6.45, 7) is 0. The van der Waals surface area contributed by atoms with E-state index in [0.717, 1.165) is 22.4 Å². The van der Waals surface area contributed by atoms with Crippen LogP contribution in [-0.2, 0) is 11.2 Å². The molecule has 0 atom stereocenters. The Hall–Kier alpha value is -2.35. The molecule has 5 nitrogen and oxygen atoms in total.